The lowest BCUT2D eigenvalue weighted by molar-refractivity contribution is -0.384. The molecule has 180 valence electrons. The number of aromatic nitrogens is 1. The fourth-order valence-electron chi connectivity index (χ4n) is 4.04. The molecule has 0 bridgehead atoms. The molecule has 3 heterocycles. The molecule has 1 amide bonds. The van der Waals surface area contributed by atoms with Gasteiger partial charge in [0.2, 0.25) is 0 Å². The number of aryl methyl sites for hydroxylation is 1. The molecule has 1 unspecified atom stereocenters. The van der Waals surface area contributed by atoms with Gasteiger partial charge in [-0.3, -0.25) is 24.3 Å². The Kier molecular flexibility index (Phi) is 5.95. The lowest BCUT2D eigenvalue weighted by atomic mass is 10.00. The van der Waals surface area contributed by atoms with Gasteiger partial charge in [0.1, 0.15) is 17.6 Å². The second kappa shape index (κ2) is 9.23. The van der Waals surface area contributed by atoms with Crippen molar-refractivity contribution in [2.24, 2.45) is 4.99 Å². The number of nitrogens with zero attached hydrogens (tertiary/aromatic N) is 3. The molecule has 1 atom stereocenters. The van der Waals surface area contributed by atoms with Crippen LogP contribution in [0.15, 0.2) is 92.2 Å². The smallest absolute Gasteiger partial charge is 0.271 e. The maximum absolute atomic E-state index is 13.6. The Balaban J connectivity index is 1.63. The number of rotatable bonds is 5. The molecule has 0 radical (unpaired) electrons. The summed E-state index contributed by atoms with van der Waals surface area (Å²) >= 11 is 1.18. The first kappa shape index (κ1) is 23.2. The highest BCUT2D eigenvalue weighted by atomic mass is 32.1. The molecule has 1 aliphatic rings. The second-order valence-electron chi connectivity index (χ2n) is 8.20. The van der Waals surface area contributed by atoms with Crippen molar-refractivity contribution in [3.63, 3.8) is 0 Å². The summed E-state index contributed by atoms with van der Waals surface area (Å²) in [5.41, 5.74) is 1.66. The first-order chi connectivity index (χ1) is 17.3. The van der Waals surface area contributed by atoms with E-state index in [-0.39, 0.29) is 17.2 Å². The van der Waals surface area contributed by atoms with E-state index < -0.39 is 11.0 Å². The highest BCUT2D eigenvalue weighted by Gasteiger charge is 2.34. The van der Waals surface area contributed by atoms with Gasteiger partial charge in [0.15, 0.2) is 4.80 Å². The van der Waals surface area contributed by atoms with E-state index in [2.05, 4.69) is 10.3 Å². The van der Waals surface area contributed by atoms with E-state index in [4.69, 9.17) is 4.42 Å². The van der Waals surface area contributed by atoms with Crippen molar-refractivity contribution in [2.45, 2.75) is 19.9 Å². The minimum Gasteiger partial charge on any atom is -0.464 e. The molecule has 0 aliphatic carbocycles. The summed E-state index contributed by atoms with van der Waals surface area (Å²) in [7, 11) is 0. The van der Waals surface area contributed by atoms with Crippen molar-refractivity contribution in [3.05, 3.63) is 125 Å². The predicted octanol–water partition coefficient (Wildman–Crippen LogP) is 3.68. The van der Waals surface area contributed by atoms with Crippen LogP contribution in [0.3, 0.4) is 0 Å². The van der Waals surface area contributed by atoms with Crippen molar-refractivity contribution in [1.29, 1.82) is 0 Å². The summed E-state index contributed by atoms with van der Waals surface area (Å²) in [6, 6.07) is 17.7. The number of carbonyl (C=O) groups excluding carboxylic acids is 1. The van der Waals surface area contributed by atoms with E-state index in [9.17, 15) is 19.7 Å². The first-order valence-electron chi connectivity index (χ1n) is 11.0. The summed E-state index contributed by atoms with van der Waals surface area (Å²) in [5.74, 6) is 0.713. The largest absolute Gasteiger partial charge is 0.464 e. The average molecular weight is 501 g/mol. The standard InChI is InChI=1S/C26H20N4O5S/c1-15-8-13-20(35-15)23-22(24(31)28-18-6-4-3-5-7-18)16(2)27-26-29(23)25(32)21(36-26)14-17-9-11-19(12-10-17)30(33)34/h3-14,23H,1-2H3,(H,28,31)/b21-14+. The number of benzene rings is 2. The number of thiazole rings is 1. The number of allylic oxidation sites excluding steroid dienone is 1. The number of nitro benzene ring substituents is 1. The molecule has 2 aromatic heterocycles. The zero-order chi connectivity index (χ0) is 25.4. The first-order valence-corrected chi connectivity index (χ1v) is 11.8. The third-order valence-electron chi connectivity index (χ3n) is 5.73. The minimum absolute atomic E-state index is 0.0357. The van der Waals surface area contributed by atoms with Crippen LogP contribution in [0.1, 0.15) is 30.0 Å². The maximum Gasteiger partial charge on any atom is 0.271 e. The highest BCUT2D eigenvalue weighted by molar-refractivity contribution is 7.07. The SMILES string of the molecule is CC1=C(C(=O)Nc2ccccc2)C(c2ccc(C)o2)n2c(s/c(=C/c3ccc([N+](=O)[O-])cc3)c2=O)=N1. The molecule has 1 N–H and O–H groups in total. The van der Waals surface area contributed by atoms with Gasteiger partial charge in [0.05, 0.1) is 20.7 Å². The highest BCUT2D eigenvalue weighted by Crippen LogP contribution is 2.31. The van der Waals surface area contributed by atoms with Gasteiger partial charge in [-0.2, -0.15) is 0 Å². The van der Waals surface area contributed by atoms with Crippen LogP contribution in [0.5, 0.6) is 0 Å². The van der Waals surface area contributed by atoms with Crippen molar-refractivity contribution in [3.8, 4) is 0 Å². The van der Waals surface area contributed by atoms with Gasteiger partial charge >= 0.3 is 0 Å². The van der Waals surface area contributed by atoms with E-state index in [1.54, 1.807) is 56.3 Å². The number of carbonyl (C=O) groups is 1. The van der Waals surface area contributed by atoms with Gasteiger partial charge < -0.3 is 9.73 Å². The van der Waals surface area contributed by atoms with Gasteiger partial charge in [-0.15, -0.1) is 0 Å². The second-order valence-corrected chi connectivity index (χ2v) is 9.21. The van der Waals surface area contributed by atoms with E-state index in [1.807, 2.05) is 18.2 Å². The molecular formula is C26H20N4O5S. The minimum atomic E-state index is -0.808. The molecule has 0 fully saturated rings. The Bertz CT molecular complexity index is 1700. The van der Waals surface area contributed by atoms with Crippen LogP contribution in [0.25, 0.3) is 6.08 Å². The average Bonchev–Trinajstić information content (AvgIpc) is 3.42. The number of nitro groups is 1. The number of anilines is 1. The number of nitrogens with one attached hydrogen (secondary N) is 1. The van der Waals surface area contributed by atoms with Crippen molar-refractivity contribution in [2.75, 3.05) is 5.32 Å². The van der Waals surface area contributed by atoms with Gasteiger partial charge in [0, 0.05) is 17.8 Å². The predicted molar refractivity (Wildman–Crippen MR) is 135 cm³/mol. The zero-order valence-corrected chi connectivity index (χ0v) is 20.1. The summed E-state index contributed by atoms with van der Waals surface area (Å²) in [6.07, 6.45) is 1.65. The number of para-hydroxylation sites is 1. The molecule has 0 spiro atoms. The summed E-state index contributed by atoms with van der Waals surface area (Å²) in [4.78, 5) is 42.5. The monoisotopic (exact) mass is 500 g/mol. The van der Waals surface area contributed by atoms with Crippen LogP contribution in [0.4, 0.5) is 11.4 Å². The Morgan fingerprint density at radius 3 is 2.47 bits per heavy atom. The van der Waals surface area contributed by atoms with Gasteiger partial charge in [-0.05, 0) is 61.9 Å². The number of furan rings is 1. The Labute approximate surface area is 208 Å². The zero-order valence-electron chi connectivity index (χ0n) is 19.3. The molecule has 0 saturated heterocycles. The number of non-ortho nitro benzene ring substituents is 1. The Morgan fingerprint density at radius 2 is 1.83 bits per heavy atom. The summed E-state index contributed by atoms with van der Waals surface area (Å²) in [6.45, 7) is 3.53. The molecule has 5 rings (SSSR count). The third kappa shape index (κ3) is 4.29. The number of fused-ring (bicyclic) bond motifs is 1. The normalized spacial score (nSPS) is 15.4. The van der Waals surface area contributed by atoms with E-state index >= 15 is 0 Å². The molecule has 0 saturated carbocycles. The molecule has 36 heavy (non-hydrogen) atoms. The number of hydrogen-bond donors (Lipinski definition) is 1. The Hall–Kier alpha value is -4.57. The van der Waals surface area contributed by atoms with Crippen LogP contribution in [0, 0.1) is 17.0 Å². The fraction of sp³-hybridized carbons (Fsp3) is 0.115. The molecule has 2 aromatic carbocycles. The van der Waals surface area contributed by atoms with Gasteiger partial charge in [-0.25, -0.2) is 4.99 Å². The lowest BCUT2D eigenvalue weighted by Crippen LogP contribution is -2.40. The van der Waals surface area contributed by atoms with Crippen LogP contribution < -0.4 is 20.2 Å². The number of amides is 1. The molecular weight excluding hydrogens is 480 g/mol. The van der Waals surface area contributed by atoms with Gasteiger partial charge in [0.25, 0.3) is 17.2 Å². The van der Waals surface area contributed by atoms with E-state index in [0.717, 1.165) is 0 Å². The van der Waals surface area contributed by atoms with E-state index in [1.165, 1.54) is 28.0 Å². The Morgan fingerprint density at radius 1 is 1.11 bits per heavy atom. The van der Waals surface area contributed by atoms with Crippen molar-refractivity contribution in [1.82, 2.24) is 4.57 Å². The quantitative estimate of drug-likeness (QED) is 0.331. The number of hydrogen-bond acceptors (Lipinski definition) is 7. The van der Waals surface area contributed by atoms with Crippen LogP contribution in [-0.4, -0.2) is 15.4 Å². The summed E-state index contributed by atoms with van der Waals surface area (Å²) in [5, 5.41) is 13.8. The third-order valence-corrected chi connectivity index (χ3v) is 6.71. The summed E-state index contributed by atoms with van der Waals surface area (Å²) < 4.78 is 7.74. The molecule has 1 aliphatic heterocycles. The maximum atomic E-state index is 13.6. The molecule has 9 nitrogen and oxygen atoms in total. The van der Waals surface area contributed by atoms with E-state index in [0.29, 0.717) is 43.4 Å². The van der Waals surface area contributed by atoms with Crippen molar-refractivity contribution < 1.29 is 14.1 Å². The van der Waals surface area contributed by atoms with Crippen molar-refractivity contribution >= 4 is 34.7 Å². The molecule has 4 aromatic rings. The van der Waals surface area contributed by atoms with Crippen LogP contribution >= 0.6 is 11.3 Å². The van der Waals surface area contributed by atoms with Crippen LogP contribution in [-0.2, 0) is 4.79 Å². The lowest BCUT2D eigenvalue weighted by Gasteiger charge is -2.23. The van der Waals surface area contributed by atoms with Gasteiger partial charge in [-0.1, -0.05) is 29.5 Å². The topological polar surface area (TPSA) is 120 Å². The van der Waals surface area contributed by atoms with Crippen LogP contribution in [0.2, 0.25) is 0 Å². The fourth-order valence-corrected chi connectivity index (χ4v) is 5.09. The molecule has 10 heteroatoms.